The highest BCUT2D eigenvalue weighted by molar-refractivity contribution is 6.21. The molecule has 1 aromatic heterocycles. The van der Waals surface area contributed by atoms with Gasteiger partial charge in [0.15, 0.2) is 0 Å². The summed E-state index contributed by atoms with van der Waals surface area (Å²) in [6.07, 6.45) is 2.69. The summed E-state index contributed by atoms with van der Waals surface area (Å²) in [6, 6.07) is 6.38. The Bertz CT molecular complexity index is 854. The van der Waals surface area contributed by atoms with Crippen molar-refractivity contribution in [3.63, 3.8) is 0 Å². The zero-order chi connectivity index (χ0) is 17.1. The molecule has 128 valence electrons. The van der Waals surface area contributed by atoms with Gasteiger partial charge in [0.1, 0.15) is 12.1 Å². The minimum atomic E-state index is -0.412. The lowest BCUT2D eigenvalue weighted by Crippen LogP contribution is -2.35. The summed E-state index contributed by atoms with van der Waals surface area (Å²) in [6.45, 7) is 0.178. The van der Waals surface area contributed by atoms with Crippen molar-refractivity contribution in [2.24, 2.45) is 11.8 Å². The predicted octanol–water partition coefficient (Wildman–Crippen LogP) is 1.13. The Hall–Kier alpha value is -2.61. The van der Waals surface area contributed by atoms with Crippen molar-refractivity contribution >= 4 is 17.8 Å². The first-order valence-corrected chi connectivity index (χ1v) is 8.29. The molecule has 3 aliphatic heterocycles. The van der Waals surface area contributed by atoms with Crippen LogP contribution in [0.25, 0.3) is 0 Å². The average molecular weight is 342 g/mol. The van der Waals surface area contributed by atoms with Gasteiger partial charge in [-0.25, -0.2) is 14.0 Å². The maximum absolute atomic E-state index is 13.8. The van der Waals surface area contributed by atoms with Crippen molar-refractivity contribution in [3.8, 4) is 0 Å². The first-order chi connectivity index (χ1) is 12.1. The summed E-state index contributed by atoms with van der Waals surface area (Å²) in [5.74, 6) is -1.68. The lowest BCUT2D eigenvalue weighted by Gasteiger charge is -2.14. The first-order valence-electron chi connectivity index (χ1n) is 8.29. The number of fused-ring (bicyclic) bond motifs is 5. The minimum absolute atomic E-state index is 0.0557. The number of ether oxygens (including phenoxy) is 1. The molecule has 7 nitrogen and oxygen atoms in total. The molecule has 0 spiro atoms. The smallest absolute Gasteiger partial charge is 0.258 e. The Morgan fingerprint density at radius 2 is 1.80 bits per heavy atom. The van der Waals surface area contributed by atoms with Gasteiger partial charge in [0.2, 0.25) is 11.8 Å². The Morgan fingerprint density at radius 3 is 2.48 bits per heavy atom. The van der Waals surface area contributed by atoms with Crippen LogP contribution in [0, 0.1) is 17.7 Å². The SMILES string of the molecule is O=C1[C@@H]2[C@H](C(=O)N1c1ncn(Cc3ccccc3F)n1)[C@@H]1CC[C@@H]2O1. The number of hydrogen-bond donors (Lipinski definition) is 0. The summed E-state index contributed by atoms with van der Waals surface area (Å²) in [5, 5.41) is 4.21. The van der Waals surface area contributed by atoms with E-state index in [1.165, 1.54) is 17.1 Å². The Labute approximate surface area is 142 Å². The van der Waals surface area contributed by atoms with Crippen LogP contribution in [0.4, 0.5) is 10.3 Å². The Kier molecular flexibility index (Phi) is 3.05. The predicted molar refractivity (Wildman–Crippen MR) is 82.9 cm³/mol. The third kappa shape index (κ3) is 2.07. The van der Waals surface area contributed by atoms with Crippen LogP contribution in [0.3, 0.4) is 0 Å². The highest BCUT2D eigenvalue weighted by Crippen LogP contribution is 2.48. The summed E-state index contributed by atoms with van der Waals surface area (Å²) in [5.41, 5.74) is 0.460. The van der Waals surface area contributed by atoms with E-state index in [9.17, 15) is 14.0 Å². The molecule has 0 unspecified atom stereocenters. The van der Waals surface area contributed by atoms with Crippen molar-refractivity contribution < 1.29 is 18.7 Å². The number of halogens is 1. The van der Waals surface area contributed by atoms with Crippen molar-refractivity contribution in [1.29, 1.82) is 0 Å². The van der Waals surface area contributed by atoms with Gasteiger partial charge in [-0.15, -0.1) is 5.10 Å². The minimum Gasteiger partial charge on any atom is -0.373 e. The Morgan fingerprint density at radius 1 is 1.12 bits per heavy atom. The van der Waals surface area contributed by atoms with Crippen molar-refractivity contribution in [3.05, 3.63) is 42.0 Å². The number of carbonyl (C=O) groups excluding carboxylic acids is 2. The second-order valence-electron chi connectivity index (χ2n) is 6.69. The lowest BCUT2D eigenvalue weighted by molar-refractivity contribution is -0.124. The molecule has 5 rings (SSSR count). The maximum atomic E-state index is 13.8. The van der Waals surface area contributed by atoms with Crippen molar-refractivity contribution in [2.75, 3.05) is 4.90 Å². The van der Waals surface area contributed by atoms with Gasteiger partial charge in [-0.2, -0.15) is 4.98 Å². The van der Waals surface area contributed by atoms with E-state index in [0.29, 0.717) is 5.56 Å². The monoisotopic (exact) mass is 342 g/mol. The van der Waals surface area contributed by atoms with E-state index in [4.69, 9.17) is 4.74 Å². The molecule has 25 heavy (non-hydrogen) atoms. The van der Waals surface area contributed by atoms with Crippen LogP contribution < -0.4 is 4.90 Å². The molecule has 3 aliphatic rings. The summed E-state index contributed by atoms with van der Waals surface area (Å²) < 4.78 is 20.9. The molecule has 4 atom stereocenters. The molecule has 2 aromatic rings. The largest absolute Gasteiger partial charge is 0.373 e. The maximum Gasteiger partial charge on any atom is 0.258 e. The van der Waals surface area contributed by atoms with Gasteiger partial charge < -0.3 is 4.74 Å². The number of hydrogen-bond acceptors (Lipinski definition) is 5. The van der Waals surface area contributed by atoms with Crippen LogP contribution in [0.15, 0.2) is 30.6 Å². The van der Waals surface area contributed by atoms with Crippen LogP contribution >= 0.6 is 0 Å². The summed E-state index contributed by atoms with van der Waals surface area (Å²) in [7, 11) is 0. The third-order valence-electron chi connectivity index (χ3n) is 5.30. The first kappa shape index (κ1) is 14.7. The van der Waals surface area contributed by atoms with E-state index in [0.717, 1.165) is 17.7 Å². The van der Waals surface area contributed by atoms with E-state index in [1.807, 2.05) is 0 Å². The van der Waals surface area contributed by atoms with Gasteiger partial charge in [0.05, 0.1) is 30.6 Å². The topological polar surface area (TPSA) is 77.3 Å². The van der Waals surface area contributed by atoms with E-state index >= 15 is 0 Å². The number of benzene rings is 1. The quantitative estimate of drug-likeness (QED) is 0.782. The van der Waals surface area contributed by atoms with E-state index in [-0.39, 0.29) is 42.3 Å². The van der Waals surface area contributed by atoms with Crippen LogP contribution in [0.1, 0.15) is 18.4 Å². The third-order valence-corrected chi connectivity index (χ3v) is 5.30. The lowest BCUT2D eigenvalue weighted by atomic mass is 9.81. The molecule has 0 saturated carbocycles. The van der Waals surface area contributed by atoms with Crippen molar-refractivity contribution in [2.45, 2.75) is 31.6 Å². The molecule has 2 bridgehead atoms. The molecule has 0 aliphatic carbocycles. The number of rotatable bonds is 3. The van der Waals surface area contributed by atoms with Gasteiger partial charge in [0.25, 0.3) is 5.95 Å². The Balaban J connectivity index is 1.41. The van der Waals surface area contributed by atoms with Gasteiger partial charge in [-0.3, -0.25) is 9.59 Å². The van der Waals surface area contributed by atoms with Gasteiger partial charge >= 0.3 is 0 Å². The second kappa shape index (κ2) is 5.19. The van der Waals surface area contributed by atoms with Crippen LogP contribution in [-0.2, 0) is 20.9 Å². The fraction of sp³-hybridized carbons (Fsp3) is 0.412. The number of nitrogens with zero attached hydrogens (tertiary/aromatic N) is 4. The number of amides is 2. The molecule has 3 fully saturated rings. The van der Waals surface area contributed by atoms with Gasteiger partial charge in [-0.1, -0.05) is 18.2 Å². The zero-order valence-electron chi connectivity index (χ0n) is 13.2. The number of aromatic nitrogens is 3. The number of carbonyl (C=O) groups is 2. The van der Waals surface area contributed by atoms with E-state index < -0.39 is 11.8 Å². The summed E-state index contributed by atoms with van der Waals surface area (Å²) in [4.78, 5) is 30.5. The molecule has 8 heteroatoms. The fourth-order valence-corrected chi connectivity index (χ4v) is 4.17. The fourth-order valence-electron chi connectivity index (χ4n) is 4.17. The zero-order valence-corrected chi connectivity index (χ0v) is 13.2. The van der Waals surface area contributed by atoms with Crippen molar-refractivity contribution in [1.82, 2.24) is 14.8 Å². The van der Waals surface area contributed by atoms with E-state index in [2.05, 4.69) is 10.1 Å². The molecule has 3 saturated heterocycles. The average Bonchev–Trinajstić information content (AvgIpc) is 3.35. The normalized spacial score (nSPS) is 30.4. The van der Waals surface area contributed by atoms with Crippen LogP contribution in [0.2, 0.25) is 0 Å². The highest BCUT2D eigenvalue weighted by Gasteiger charge is 2.63. The van der Waals surface area contributed by atoms with Gasteiger partial charge in [-0.05, 0) is 18.9 Å². The summed E-state index contributed by atoms with van der Waals surface area (Å²) >= 11 is 0. The molecule has 1 aromatic carbocycles. The molecule has 4 heterocycles. The standard InChI is InChI=1S/C17H15FN4O3/c18-10-4-2-1-3-9(10)7-21-8-19-17(20-21)22-15(23)13-11-5-6-12(25-11)14(13)16(22)24/h1-4,8,11-14H,5-7H2/t11-,12-,13-,14+/m0/s1. The molecule has 0 N–H and O–H groups in total. The number of anilines is 1. The number of imide groups is 1. The van der Waals surface area contributed by atoms with E-state index in [1.54, 1.807) is 18.2 Å². The second-order valence-corrected chi connectivity index (χ2v) is 6.69. The van der Waals surface area contributed by atoms with Crippen LogP contribution in [-0.4, -0.2) is 38.8 Å². The van der Waals surface area contributed by atoms with Crippen LogP contribution in [0.5, 0.6) is 0 Å². The highest BCUT2D eigenvalue weighted by atomic mass is 19.1. The molecular formula is C17H15FN4O3. The molecule has 2 amide bonds. The molecule has 0 radical (unpaired) electrons. The molecular weight excluding hydrogens is 327 g/mol. The van der Waals surface area contributed by atoms with Gasteiger partial charge in [0, 0.05) is 5.56 Å².